The SMILES string of the molecule is CCCN(CCC)C(=O)CCn1cccc1. The fourth-order valence-corrected chi connectivity index (χ4v) is 1.80. The first kappa shape index (κ1) is 12.8. The molecule has 0 aliphatic heterocycles. The zero-order valence-electron chi connectivity index (χ0n) is 10.4. The van der Waals surface area contributed by atoms with Crippen molar-refractivity contribution < 1.29 is 4.79 Å². The Morgan fingerprint density at radius 1 is 1.12 bits per heavy atom. The summed E-state index contributed by atoms with van der Waals surface area (Å²) in [6, 6.07) is 3.97. The van der Waals surface area contributed by atoms with Crippen LogP contribution in [0.3, 0.4) is 0 Å². The van der Waals surface area contributed by atoms with Crippen LogP contribution in [0.5, 0.6) is 0 Å². The second kappa shape index (κ2) is 7.09. The van der Waals surface area contributed by atoms with Gasteiger partial charge in [0.05, 0.1) is 0 Å². The van der Waals surface area contributed by atoms with Crippen molar-refractivity contribution in [1.82, 2.24) is 9.47 Å². The highest BCUT2D eigenvalue weighted by atomic mass is 16.2. The van der Waals surface area contributed by atoms with Crippen molar-refractivity contribution in [3.05, 3.63) is 24.5 Å². The smallest absolute Gasteiger partial charge is 0.224 e. The fourth-order valence-electron chi connectivity index (χ4n) is 1.80. The zero-order valence-corrected chi connectivity index (χ0v) is 10.4. The lowest BCUT2D eigenvalue weighted by atomic mass is 10.3. The molecule has 0 aliphatic rings. The summed E-state index contributed by atoms with van der Waals surface area (Å²) >= 11 is 0. The van der Waals surface area contributed by atoms with Gasteiger partial charge in [0, 0.05) is 38.4 Å². The van der Waals surface area contributed by atoms with Gasteiger partial charge in [-0.25, -0.2) is 0 Å². The minimum absolute atomic E-state index is 0.275. The summed E-state index contributed by atoms with van der Waals surface area (Å²) in [6.07, 6.45) is 6.67. The van der Waals surface area contributed by atoms with E-state index in [0.717, 1.165) is 32.5 Å². The van der Waals surface area contributed by atoms with Crippen molar-refractivity contribution in [3.63, 3.8) is 0 Å². The largest absolute Gasteiger partial charge is 0.354 e. The number of carbonyl (C=O) groups excluding carboxylic acids is 1. The standard InChI is InChI=1S/C13H22N2O/c1-3-8-15(9-4-2)13(16)7-12-14-10-5-6-11-14/h5-6,10-11H,3-4,7-9,12H2,1-2H3. The molecule has 0 N–H and O–H groups in total. The van der Waals surface area contributed by atoms with Gasteiger partial charge in [-0.15, -0.1) is 0 Å². The number of aromatic nitrogens is 1. The fraction of sp³-hybridized carbons (Fsp3) is 0.615. The van der Waals surface area contributed by atoms with Crippen LogP contribution in [-0.2, 0) is 11.3 Å². The molecule has 1 rings (SSSR count). The third kappa shape index (κ3) is 4.09. The number of amides is 1. The Balaban J connectivity index is 2.36. The summed E-state index contributed by atoms with van der Waals surface area (Å²) in [6.45, 7) is 6.79. The molecule has 1 amide bonds. The van der Waals surface area contributed by atoms with Crippen LogP contribution in [-0.4, -0.2) is 28.5 Å². The van der Waals surface area contributed by atoms with Gasteiger partial charge in [0.25, 0.3) is 0 Å². The van der Waals surface area contributed by atoms with Gasteiger partial charge in [-0.1, -0.05) is 13.8 Å². The maximum absolute atomic E-state index is 11.9. The second-order valence-corrected chi connectivity index (χ2v) is 4.05. The van der Waals surface area contributed by atoms with Crippen LogP contribution < -0.4 is 0 Å². The Hall–Kier alpha value is -1.25. The van der Waals surface area contributed by atoms with Gasteiger partial charge in [-0.3, -0.25) is 4.79 Å². The number of carbonyl (C=O) groups is 1. The molecule has 0 aromatic carbocycles. The van der Waals surface area contributed by atoms with Crippen molar-refractivity contribution in [2.24, 2.45) is 0 Å². The molecule has 0 unspecified atom stereocenters. The Bertz CT molecular complexity index is 287. The van der Waals surface area contributed by atoms with E-state index in [1.807, 2.05) is 34.0 Å². The van der Waals surface area contributed by atoms with Gasteiger partial charge >= 0.3 is 0 Å². The molecule has 0 atom stereocenters. The van der Waals surface area contributed by atoms with Gasteiger partial charge in [-0.05, 0) is 25.0 Å². The second-order valence-electron chi connectivity index (χ2n) is 4.05. The van der Waals surface area contributed by atoms with E-state index in [9.17, 15) is 4.79 Å². The van der Waals surface area contributed by atoms with E-state index in [1.54, 1.807) is 0 Å². The first-order chi connectivity index (χ1) is 7.77. The maximum Gasteiger partial charge on any atom is 0.224 e. The number of hydrogen-bond acceptors (Lipinski definition) is 1. The molecule has 16 heavy (non-hydrogen) atoms. The van der Waals surface area contributed by atoms with Crippen LogP contribution in [0.25, 0.3) is 0 Å². The summed E-state index contributed by atoms with van der Waals surface area (Å²) in [7, 11) is 0. The highest BCUT2D eigenvalue weighted by Crippen LogP contribution is 2.01. The Morgan fingerprint density at radius 3 is 2.19 bits per heavy atom. The average molecular weight is 222 g/mol. The Kier molecular flexibility index (Phi) is 5.68. The minimum Gasteiger partial charge on any atom is -0.354 e. The number of nitrogens with zero attached hydrogens (tertiary/aromatic N) is 2. The predicted octanol–water partition coefficient (Wildman–Crippen LogP) is 2.53. The van der Waals surface area contributed by atoms with Gasteiger partial charge in [0.1, 0.15) is 0 Å². The van der Waals surface area contributed by atoms with Gasteiger partial charge in [-0.2, -0.15) is 0 Å². The third-order valence-electron chi connectivity index (χ3n) is 2.59. The molecule has 3 nitrogen and oxygen atoms in total. The average Bonchev–Trinajstić information content (AvgIpc) is 2.78. The summed E-state index contributed by atoms with van der Waals surface area (Å²) < 4.78 is 2.05. The first-order valence-corrected chi connectivity index (χ1v) is 6.16. The van der Waals surface area contributed by atoms with Crippen molar-refractivity contribution >= 4 is 5.91 Å². The van der Waals surface area contributed by atoms with E-state index in [-0.39, 0.29) is 5.91 Å². The molecule has 0 radical (unpaired) electrons. The minimum atomic E-state index is 0.275. The molecule has 90 valence electrons. The zero-order chi connectivity index (χ0) is 11.8. The molecule has 0 saturated carbocycles. The van der Waals surface area contributed by atoms with Gasteiger partial charge < -0.3 is 9.47 Å². The Labute approximate surface area is 98.1 Å². The summed E-state index contributed by atoms with van der Waals surface area (Å²) in [4.78, 5) is 13.9. The van der Waals surface area contributed by atoms with Crippen molar-refractivity contribution in [2.75, 3.05) is 13.1 Å². The van der Waals surface area contributed by atoms with E-state index in [1.165, 1.54) is 0 Å². The highest BCUT2D eigenvalue weighted by molar-refractivity contribution is 5.76. The molecule has 0 aliphatic carbocycles. The van der Waals surface area contributed by atoms with Crippen LogP contribution in [0, 0.1) is 0 Å². The summed E-state index contributed by atoms with van der Waals surface area (Å²) in [5.41, 5.74) is 0. The number of aryl methyl sites for hydroxylation is 1. The van der Waals surface area contributed by atoms with E-state index >= 15 is 0 Å². The molecule has 3 heteroatoms. The predicted molar refractivity (Wildman–Crippen MR) is 66.2 cm³/mol. The molecule has 1 heterocycles. The molecule has 0 bridgehead atoms. The molecular weight excluding hydrogens is 200 g/mol. The van der Waals surface area contributed by atoms with E-state index in [4.69, 9.17) is 0 Å². The molecule has 1 aromatic rings. The Morgan fingerprint density at radius 2 is 1.69 bits per heavy atom. The molecular formula is C13H22N2O. The van der Waals surface area contributed by atoms with E-state index in [2.05, 4.69) is 13.8 Å². The third-order valence-corrected chi connectivity index (χ3v) is 2.59. The topological polar surface area (TPSA) is 25.2 Å². The van der Waals surface area contributed by atoms with E-state index in [0.29, 0.717) is 6.42 Å². The number of rotatable bonds is 7. The van der Waals surface area contributed by atoms with Crippen LogP contribution in [0.1, 0.15) is 33.1 Å². The van der Waals surface area contributed by atoms with Crippen molar-refractivity contribution in [3.8, 4) is 0 Å². The van der Waals surface area contributed by atoms with Gasteiger partial charge in [0.2, 0.25) is 5.91 Å². The molecule has 0 spiro atoms. The van der Waals surface area contributed by atoms with Crippen LogP contribution >= 0.6 is 0 Å². The van der Waals surface area contributed by atoms with Crippen molar-refractivity contribution in [2.45, 2.75) is 39.7 Å². The molecule has 1 aromatic heterocycles. The summed E-state index contributed by atoms with van der Waals surface area (Å²) in [5.74, 6) is 0.275. The summed E-state index contributed by atoms with van der Waals surface area (Å²) in [5, 5.41) is 0. The lowest BCUT2D eigenvalue weighted by Gasteiger charge is -2.21. The first-order valence-electron chi connectivity index (χ1n) is 6.16. The van der Waals surface area contributed by atoms with Crippen LogP contribution in [0.4, 0.5) is 0 Å². The van der Waals surface area contributed by atoms with E-state index < -0.39 is 0 Å². The molecule has 0 saturated heterocycles. The molecule has 0 fully saturated rings. The normalized spacial score (nSPS) is 10.4. The lowest BCUT2D eigenvalue weighted by molar-refractivity contribution is -0.131. The maximum atomic E-state index is 11.9. The van der Waals surface area contributed by atoms with Crippen LogP contribution in [0.15, 0.2) is 24.5 Å². The number of hydrogen-bond donors (Lipinski definition) is 0. The van der Waals surface area contributed by atoms with Crippen molar-refractivity contribution in [1.29, 1.82) is 0 Å². The van der Waals surface area contributed by atoms with Crippen LogP contribution in [0.2, 0.25) is 0 Å². The quantitative estimate of drug-likeness (QED) is 0.696. The lowest BCUT2D eigenvalue weighted by Crippen LogP contribution is -2.32. The highest BCUT2D eigenvalue weighted by Gasteiger charge is 2.10. The van der Waals surface area contributed by atoms with Gasteiger partial charge in [0.15, 0.2) is 0 Å². The monoisotopic (exact) mass is 222 g/mol.